The Morgan fingerprint density at radius 3 is 2.12 bits per heavy atom. The number of carbonyl (C=O) groups is 1. The van der Waals surface area contributed by atoms with Gasteiger partial charge >= 0.3 is 6.09 Å². The van der Waals surface area contributed by atoms with E-state index in [1.54, 1.807) is 0 Å². The van der Waals surface area contributed by atoms with E-state index in [0.29, 0.717) is 5.41 Å². The first-order chi connectivity index (χ1) is 11.0. The van der Waals surface area contributed by atoms with Crippen LogP contribution in [-0.2, 0) is 4.74 Å². The highest BCUT2D eigenvalue weighted by atomic mass is 16.6. The van der Waals surface area contributed by atoms with Gasteiger partial charge < -0.3 is 15.4 Å². The van der Waals surface area contributed by atoms with Crippen LogP contribution in [0.4, 0.5) is 4.79 Å². The van der Waals surface area contributed by atoms with E-state index < -0.39 is 5.60 Å². The van der Waals surface area contributed by atoms with Crippen molar-refractivity contribution in [2.24, 2.45) is 17.3 Å². The second-order valence-electron chi connectivity index (χ2n) is 9.49. The highest BCUT2D eigenvalue weighted by Crippen LogP contribution is 2.39. The Morgan fingerprint density at radius 2 is 1.67 bits per heavy atom. The minimum Gasteiger partial charge on any atom is -0.444 e. The summed E-state index contributed by atoms with van der Waals surface area (Å²) in [6, 6.07) is 0.130. The molecule has 4 nitrogen and oxygen atoms in total. The molecule has 0 aromatic carbocycles. The number of alkyl carbamates (subject to hydrolysis) is 1. The lowest BCUT2D eigenvalue weighted by atomic mass is 9.70. The topological polar surface area (TPSA) is 50.4 Å². The van der Waals surface area contributed by atoms with Gasteiger partial charge in [0.1, 0.15) is 5.60 Å². The van der Waals surface area contributed by atoms with Crippen LogP contribution in [0.2, 0.25) is 0 Å². The lowest BCUT2D eigenvalue weighted by molar-refractivity contribution is 0.0502. The van der Waals surface area contributed by atoms with Gasteiger partial charge in [-0.3, -0.25) is 0 Å². The molecule has 24 heavy (non-hydrogen) atoms. The zero-order valence-electron chi connectivity index (χ0n) is 17.0. The summed E-state index contributed by atoms with van der Waals surface area (Å²) in [5.41, 5.74) is 0.00450. The van der Waals surface area contributed by atoms with Gasteiger partial charge in [0.05, 0.1) is 0 Å². The van der Waals surface area contributed by atoms with E-state index in [1.165, 1.54) is 25.7 Å². The molecule has 0 saturated heterocycles. The predicted octanol–water partition coefficient (Wildman–Crippen LogP) is 4.73. The maximum atomic E-state index is 11.9. The fourth-order valence-electron chi connectivity index (χ4n) is 3.47. The molecule has 1 fully saturated rings. The van der Waals surface area contributed by atoms with Crippen LogP contribution in [0.25, 0.3) is 0 Å². The van der Waals surface area contributed by atoms with Crippen molar-refractivity contribution < 1.29 is 9.53 Å². The van der Waals surface area contributed by atoms with Gasteiger partial charge in [-0.1, -0.05) is 27.7 Å². The molecular weight excluding hydrogens is 300 g/mol. The van der Waals surface area contributed by atoms with E-state index in [2.05, 4.69) is 38.3 Å². The van der Waals surface area contributed by atoms with E-state index >= 15 is 0 Å². The summed E-state index contributed by atoms with van der Waals surface area (Å²) in [6.07, 6.45) is 5.94. The molecule has 1 atom stereocenters. The zero-order valence-corrected chi connectivity index (χ0v) is 17.0. The molecule has 1 saturated carbocycles. The van der Waals surface area contributed by atoms with Crippen LogP contribution in [0.15, 0.2) is 0 Å². The summed E-state index contributed by atoms with van der Waals surface area (Å²) >= 11 is 0. The molecular formula is C20H40N2O2. The minimum atomic E-state index is -0.443. The monoisotopic (exact) mass is 340 g/mol. The molecule has 1 aliphatic rings. The maximum Gasteiger partial charge on any atom is 0.407 e. The van der Waals surface area contributed by atoms with Crippen molar-refractivity contribution in [1.82, 2.24) is 10.6 Å². The molecule has 2 N–H and O–H groups in total. The number of rotatable bonds is 6. The first kappa shape index (κ1) is 21.3. The molecule has 142 valence electrons. The van der Waals surface area contributed by atoms with E-state index in [-0.39, 0.29) is 12.1 Å². The van der Waals surface area contributed by atoms with Gasteiger partial charge in [0, 0.05) is 12.6 Å². The van der Waals surface area contributed by atoms with Crippen LogP contribution in [-0.4, -0.2) is 30.8 Å². The van der Waals surface area contributed by atoms with Crippen LogP contribution in [0.5, 0.6) is 0 Å². The highest BCUT2D eigenvalue weighted by molar-refractivity contribution is 5.68. The van der Waals surface area contributed by atoms with Crippen LogP contribution < -0.4 is 10.6 Å². The quantitative estimate of drug-likeness (QED) is 0.735. The van der Waals surface area contributed by atoms with Crippen molar-refractivity contribution in [1.29, 1.82) is 0 Å². The average Bonchev–Trinajstić information content (AvgIpc) is 2.43. The van der Waals surface area contributed by atoms with Gasteiger partial charge in [-0.15, -0.1) is 0 Å². The normalized spacial score (nSPS) is 23.6. The highest BCUT2D eigenvalue weighted by Gasteiger charge is 2.29. The number of ether oxygens (including phenoxy) is 1. The molecule has 1 aliphatic carbocycles. The van der Waals surface area contributed by atoms with E-state index in [4.69, 9.17) is 4.74 Å². The minimum absolute atomic E-state index is 0.130. The Morgan fingerprint density at radius 1 is 1.08 bits per heavy atom. The van der Waals surface area contributed by atoms with Gasteiger partial charge in [-0.05, 0) is 76.7 Å². The largest absolute Gasteiger partial charge is 0.444 e. The van der Waals surface area contributed by atoms with Crippen molar-refractivity contribution in [3.05, 3.63) is 0 Å². The Kier molecular flexibility index (Phi) is 8.04. The van der Waals surface area contributed by atoms with E-state index in [0.717, 1.165) is 31.3 Å². The summed E-state index contributed by atoms with van der Waals surface area (Å²) in [4.78, 5) is 11.9. The molecule has 0 bridgehead atoms. The molecule has 0 heterocycles. The molecule has 1 amide bonds. The number of hydrogen-bond donors (Lipinski definition) is 2. The van der Waals surface area contributed by atoms with E-state index in [9.17, 15) is 4.79 Å². The van der Waals surface area contributed by atoms with Crippen molar-refractivity contribution in [3.63, 3.8) is 0 Å². The molecule has 0 spiro atoms. The lowest BCUT2D eigenvalue weighted by Gasteiger charge is -2.37. The average molecular weight is 341 g/mol. The summed E-state index contributed by atoms with van der Waals surface area (Å²) in [5, 5.41) is 6.52. The number of amides is 1. The molecule has 0 aromatic heterocycles. The lowest BCUT2D eigenvalue weighted by Crippen LogP contribution is -2.45. The SMILES string of the molecule is CCC(CNCC1CCC(C(C)(C)C)CC1)NC(=O)OC(C)(C)C. The number of hydrogen-bond acceptors (Lipinski definition) is 3. The standard InChI is InChI=1S/C20H40N2O2/c1-8-17(22-18(23)24-20(5,6)7)14-21-13-15-9-11-16(12-10-15)19(2,3)4/h15-17,21H,8-14H2,1-7H3,(H,22,23). The second-order valence-corrected chi connectivity index (χ2v) is 9.49. The van der Waals surface area contributed by atoms with Gasteiger partial charge in [0.2, 0.25) is 0 Å². The van der Waals surface area contributed by atoms with Crippen molar-refractivity contribution >= 4 is 6.09 Å². The smallest absolute Gasteiger partial charge is 0.407 e. The van der Waals surface area contributed by atoms with Gasteiger partial charge in [0.25, 0.3) is 0 Å². The predicted molar refractivity (Wildman–Crippen MR) is 101 cm³/mol. The van der Waals surface area contributed by atoms with Crippen molar-refractivity contribution in [2.45, 2.75) is 92.2 Å². The zero-order chi connectivity index (χ0) is 18.4. The number of nitrogens with one attached hydrogen (secondary N) is 2. The Balaban J connectivity index is 2.25. The summed E-state index contributed by atoms with van der Waals surface area (Å²) < 4.78 is 5.33. The fraction of sp³-hybridized carbons (Fsp3) is 0.950. The maximum absolute atomic E-state index is 11.9. The Labute approximate surface area is 149 Å². The third-order valence-electron chi connectivity index (χ3n) is 5.11. The van der Waals surface area contributed by atoms with Crippen LogP contribution in [0.1, 0.15) is 80.6 Å². The molecule has 4 heteroatoms. The summed E-state index contributed by atoms with van der Waals surface area (Å²) in [7, 11) is 0. The van der Waals surface area contributed by atoms with Crippen molar-refractivity contribution in [3.8, 4) is 0 Å². The van der Waals surface area contributed by atoms with Crippen LogP contribution in [0.3, 0.4) is 0 Å². The van der Waals surface area contributed by atoms with E-state index in [1.807, 2.05) is 20.8 Å². The Hall–Kier alpha value is -0.770. The third-order valence-corrected chi connectivity index (χ3v) is 5.11. The van der Waals surface area contributed by atoms with Gasteiger partial charge in [-0.25, -0.2) is 4.79 Å². The first-order valence-electron chi connectivity index (χ1n) is 9.71. The fourth-order valence-corrected chi connectivity index (χ4v) is 3.47. The molecule has 1 unspecified atom stereocenters. The molecule has 1 rings (SSSR count). The van der Waals surface area contributed by atoms with Crippen molar-refractivity contribution in [2.75, 3.05) is 13.1 Å². The molecule has 0 radical (unpaired) electrons. The number of carbonyl (C=O) groups excluding carboxylic acids is 1. The Bertz CT molecular complexity index is 374. The summed E-state index contributed by atoms with van der Waals surface area (Å²) in [6.45, 7) is 16.7. The van der Waals surface area contributed by atoms with Crippen LogP contribution >= 0.6 is 0 Å². The van der Waals surface area contributed by atoms with Gasteiger partial charge in [0.15, 0.2) is 0 Å². The first-order valence-corrected chi connectivity index (χ1v) is 9.71. The molecule has 0 aromatic rings. The third kappa shape index (κ3) is 8.36. The van der Waals surface area contributed by atoms with Crippen LogP contribution in [0, 0.1) is 17.3 Å². The second kappa shape index (κ2) is 9.07. The van der Waals surface area contributed by atoms with Gasteiger partial charge in [-0.2, -0.15) is 0 Å². The summed E-state index contributed by atoms with van der Waals surface area (Å²) in [5.74, 6) is 1.65. The molecule has 0 aliphatic heterocycles.